The maximum atomic E-state index is 11.4. The largest absolute Gasteiger partial charge is 0.488 e. The van der Waals surface area contributed by atoms with Crippen molar-refractivity contribution >= 4 is 31.9 Å². The molecule has 7 nitrogen and oxygen atoms in total. The second kappa shape index (κ2) is 10.1. The minimum absolute atomic E-state index is 0.0836. The number of sulfonamides is 1. The molecule has 0 amide bonds. The highest BCUT2D eigenvalue weighted by atomic mass is 79.9. The minimum Gasteiger partial charge on any atom is -0.488 e. The Balaban J connectivity index is 2.62. The summed E-state index contributed by atoms with van der Waals surface area (Å²) in [5.41, 5.74) is -0.674. The molecule has 0 aliphatic rings. The van der Waals surface area contributed by atoms with Crippen molar-refractivity contribution in [3.63, 3.8) is 0 Å². The number of aliphatic imine (C=N–C) groups is 1. The van der Waals surface area contributed by atoms with Gasteiger partial charge in [0.15, 0.2) is 5.96 Å². The van der Waals surface area contributed by atoms with Gasteiger partial charge in [0.1, 0.15) is 11.9 Å². The molecule has 0 saturated carbocycles. The molecule has 0 heterocycles. The molecular formula is C17H29BrN4O3S. The average Bonchev–Trinajstić information content (AvgIpc) is 2.50. The number of guanidine groups is 1. The first-order valence-electron chi connectivity index (χ1n) is 8.45. The standard InChI is InChI=1S/C17H29BrN4O3S/c1-6-19-16(21-12-17(3,4)22-26(5,23)24)20-11-13(2)25-15-10-8-7-9-14(15)18/h7-10,13,22H,6,11-12H2,1-5H3,(H2,19,20,21). The van der Waals surface area contributed by atoms with Crippen LogP contribution in [0.2, 0.25) is 0 Å². The summed E-state index contributed by atoms with van der Waals surface area (Å²) >= 11 is 3.46. The number of benzene rings is 1. The highest BCUT2D eigenvalue weighted by Gasteiger charge is 2.22. The van der Waals surface area contributed by atoms with Crippen LogP contribution in [0.4, 0.5) is 0 Å². The van der Waals surface area contributed by atoms with Gasteiger partial charge >= 0.3 is 0 Å². The molecule has 0 fully saturated rings. The van der Waals surface area contributed by atoms with Crippen molar-refractivity contribution in [2.75, 3.05) is 25.9 Å². The fourth-order valence-electron chi connectivity index (χ4n) is 2.19. The first-order valence-corrected chi connectivity index (χ1v) is 11.1. The second-order valence-electron chi connectivity index (χ2n) is 6.69. The number of nitrogens with zero attached hydrogens (tertiary/aromatic N) is 1. The SMILES string of the molecule is CCNC(=NCC(C)(C)NS(C)(=O)=O)NCC(C)Oc1ccccc1Br. The van der Waals surface area contributed by atoms with Gasteiger partial charge in [-0.15, -0.1) is 0 Å². The van der Waals surface area contributed by atoms with E-state index in [1.54, 1.807) is 13.8 Å². The van der Waals surface area contributed by atoms with Crippen molar-refractivity contribution in [1.29, 1.82) is 0 Å². The molecule has 1 aromatic rings. The summed E-state index contributed by atoms with van der Waals surface area (Å²) in [6.45, 7) is 9.07. The number of ether oxygens (including phenoxy) is 1. The van der Waals surface area contributed by atoms with Crippen LogP contribution in [-0.4, -0.2) is 51.9 Å². The van der Waals surface area contributed by atoms with E-state index < -0.39 is 15.6 Å². The molecular weight excluding hydrogens is 420 g/mol. The molecule has 26 heavy (non-hydrogen) atoms. The number of hydrogen-bond acceptors (Lipinski definition) is 4. The zero-order valence-electron chi connectivity index (χ0n) is 16.0. The quantitative estimate of drug-likeness (QED) is 0.397. The summed E-state index contributed by atoms with van der Waals surface area (Å²) in [5, 5.41) is 6.36. The lowest BCUT2D eigenvalue weighted by Gasteiger charge is -2.24. The topological polar surface area (TPSA) is 91.8 Å². The van der Waals surface area contributed by atoms with Gasteiger partial charge in [-0.05, 0) is 55.8 Å². The third kappa shape index (κ3) is 9.40. The third-order valence-corrected chi connectivity index (χ3v) is 4.74. The number of hydrogen-bond donors (Lipinski definition) is 3. The summed E-state index contributed by atoms with van der Waals surface area (Å²) in [5.74, 6) is 1.39. The Bertz CT molecular complexity index is 708. The zero-order valence-corrected chi connectivity index (χ0v) is 18.4. The molecule has 0 aromatic heterocycles. The molecule has 0 spiro atoms. The number of nitrogens with one attached hydrogen (secondary N) is 3. The fraction of sp³-hybridized carbons (Fsp3) is 0.588. The van der Waals surface area contributed by atoms with Gasteiger partial charge in [0, 0.05) is 12.1 Å². The number of para-hydroxylation sites is 1. The third-order valence-electron chi connectivity index (χ3n) is 3.16. The molecule has 0 radical (unpaired) electrons. The van der Waals surface area contributed by atoms with Crippen LogP contribution in [0.15, 0.2) is 33.7 Å². The van der Waals surface area contributed by atoms with E-state index in [0.717, 1.165) is 16.5 Å². The Morgan fingerprint density at radius 1 is 1.31 bits per heavy atom. The van der Waals surface area contributed by atoms with E-state index in [-0.39, 0.29) is 6.10 Å². The maximum Gasteiger partial charge on any atom is 0.209 e. The van der Waals surface area contributed by atoms with Crippen molar-refractivity contribution in [1.82, 2.24) is 15.4 Å². The lowest BCUT2D eigenvalue weighted by molar-refractivity contribution is 0.222. The normalized spacial score (nSPS) is 14.0. The zero-order chi connectivity index (χ0) is 19.8. The van der Waals surface area contributed by atoms with Crippen LogP contribution in [0.1, 0.15) is 27.7 Å². The first kappa shape index (κ1) is 22.7. The van der Waals surface area contributed by atoms with Gasteiger partial charge in [-0.2, -0.15) is 0 Å². The number of rotatable bonds is 9. The van der Waals surface area contributed by atoms with E-state index in [9.17, 15) is 8.42 Å². The van der Waals surface area contributed by atoms with Crippen LogP contribution in [0, 0.1) is 0 Å². The molecule has 0 aliphatic heterocycles. The van der Waals surface area contributed by atoms with Gasteiger partial charge in [0.25, 0.3) is 0 Å². The van der Waals surface area contributed by atoms with Gasteiger partial charge in [0.05, 0.1) is 23.8 Å². The molecule has 3 N–H and O–H groups in total. The Morgan fingerprint density at radius 2 is 1.96 bits per heavy atom. The van der Waals surface area contributed by atoms with Crippen molar-refractivity contribution in [3.8, 4) is 5.75 Å². The lowest BCUT2D eigenvalue weighted by Crippen LogP contribution is -2.47. The van der Waals surface area contributed by atoms with Crippen LogP contribution in [0.5, 0.6) is 5.75 Å². The second-order valence-corrected chi connectivity index (χ2v) is 9.30. The van der Waals surface area contributed by atoms with Crippen molar-refractivity contribution in [2.24, 2.45) is 4.99 Å². The van der Waals surface area contributed by atoms with Gasteiger partial charge in [-0.25, -0.2) is 13.1 Å². The van der Waals surface area contributed by atoms with E-state index >= 15 is 0 Å². The lowest BCUT2D eigenvalue weighted by atomic mass is 10.1. The van der Waals surface area contributed by atoms with Gasteiger partial charge < -0.3 is 15.4 Å². The predicted octanol–water partition coefficient (Wildman–Crippen LogP) is 2.10. The summed E-state index contributed by atoms with van der Waals surface area (Å²) in [4.78, 5) is 4.47. The van der Waals surface area contributed by atoms with E-state index in [1.807, 2.05) is 38.1 Å². The molecule has 1 aromatic carbocycles. The molecule has 0 aliphatic carbocycles. The van der Waals surface area contributed by atoms with Crippen LogP contribution in [-0.2, 0) is 10.0 Å². The van der Waals surface area contributed by atoms with E-state index in [0.29, 0.717) is 25.6 Å². The van der Waals surface area contributed by atoms with E-state index in [2.05, 4.69) is 36.3 Å². The Labute approximate surface area is 165 Å². The summed E-state index contributed by atoms with van der Waals surface area (Å²) in [7, 11) is -3.29. The highest BCUT2D eigenvalue weighted by Crippen LogP contribution is 2.24. The van der Waals surface area contributed by atoms with E-state index in [1.165, 1.54) is 0 Å². The Kier molecular flexibility index (Phi) is 8.85. The molecule has 9 heteroatoms. The molecule has 0 saturated heterocycles. The summed E-state index contributed by atoms with van der Waals surface area (Å²) < 4.78 is 32.2. The molecule has 0 bridgehead atoms. The monoisotopic (exact) mass is 448 g/mol. The maximum absolute atomic E-state index is 11.4. The van der Waals surface area contributed by atoms with E-state index in [4.69, 9.17) is 4.74 Å². The summed E-state index contributed by atoms with van der Waals surface area (Å²) in [6, 6.07) is 7.68. The minimum atomic E-state index is -3.29. The Hall–Kier alpha value is -1.32. The van der Waals surface area contributed by atoms with Gasteiger partial charge in [-0.1, -0.05) is 12.1 Å². The average molecular weight is 449 g/mol. The van der Waals surface area contributed by atoms with Crippen LogP contribution in [0.25, 0.3) is 0 Å². The fourth-order valence-corrected chi connectivity index (χ4v) is 3.64. The molecule has 1 atom stereocenters. The van der Waals surface area contributed by atoms with Crippen molar-refractivity contribution < 1.29 is 13.2 Å². The van der Waals surface area contributed by atoms with Crippen molar-refractivity contribution in [2.45, 2.75) is 39.3 Å². The van der Waals surface area contributed by atoms with Gasteiger partial charge in [0.2, 0.25) is 10.0 Å². The van der Waals surface area contributed by atoms with Crippen LogP contribution < -0.4 is 20.1 Å². The highest BCUT2D eigenvalue weighted by molar-refractivity contribution is 9.10. The first-order chi connectivity index (χ1) is 12.0. The van der Waals surface area contributed by atoms with Crippen LogP contribution >= 0.6 is 15.9 Å². The van der Waals surface area contributed by atoms with Crippen molar-refractivity contribution in [3.05, 3.63) is 28.7 Å². The van der Waals surface area contributed by atoms with Gasteiger partial charge in [-0.3, -0.25) is 4.99 Å². The van der Waals surface area contributed by atoms with Crippen LogP contribution in [0.3, 0.4) is 0 Å². The molecule has 148 valence electrons. The number of halogens is 1. The predicted molar refractivity (Wildman–Crippen MR) is 110 cm³/mol. The molecule has 1 unspecified atom stereocenters. The summed E-state index contributed by atoms with van der Waals surface area (Å²) in [6.07, 6.45) is 1.06. The Morgan fingerprint density at radius 3 is 2.54 bits per heavy atom. The smallest absolute Gasteiger partial charge is 0.209 e. The molecule has 1 rings (SSSR count).